The van der Waals surface area contributed by atoms with Gasteiger partial charge in [-0.15, -0.1) is 0 Å². The minimum Gasteiger partial charge on any atom is -0.493 e. The van der Waals surface area contributed by atoms with Gasteiger partial charge in [-0.05, 0) is 51.8 Å². The highest BCUT2D eigenvalue weighted by Gasteiger charge is 2.16. The van der Waals surface area contributed by atoms with Crippen LogP contribution in [0.5, 0.6) is 11.5 Å². The van der Waals surface area contributed by atoms with E-state index >= 15 is 0 Å². The molecule has 3 aromatic rings. The normalized spacial score (nSPS) is 11.1. The predicted molar refractivity (Wildman–Crippen MR) is 99.7 cm³/mol. The number of aryl methyl sites for hydroxylation is 5. The molecule has 3 rings (SSSR count). The van der Waals surface area contributed by atoms with Crippen LogP contribution in [0, 0.1) is 27.7 Å². The molecule has 0 aliphatic heterocycles. The number of benzene rings is 1. The molecule has 0 spiro atoms. The molecule has 0 aliphatic rings. The van der Waals surface area contributed by atoms with Crippen molar-refractivity contribution in [1.29, 1.82) is 0 Å². The number of hydrogen-bond acceptors (Lipinski definition) is 4. The van der Waals surface area contributed by atoms with Crippen molar-refractivity contribution in [2.45, 2.75) is 40.7 Å². The molecule has 0 radical (unpaired) electrons. The molecule has 5 heteroatoms. The fraction of sp³-hybridized carbons (Fsp3) is 0.400. The summed E-state index contributed by atoms with van der Waals surface area (Å²) >= 11 is 0. The van der Waals surface area contributed by atoms with Crippen LogP contribution in [0.2, 0.25) is 0 Å². The molecule has 0 unspecified atom stereocenters. The second kappa shape index (κ2) is 6.75. The Kier molecular flexibility index (Phi) is 4.66. The van der Waals surface area contributed by atoms with Crippen LogP contribution >= 0.6 is 0 Å². The molecule has 0 amide bonds. The van der Waals surface area contributed by atoms with E-state index < -0.39 is 0 Å². The van der Waals surface area contributed by atoms with Gasteiger partial charge >= 0.3 is 0 Å². The Labute approximate surface area is 148 Å². The van der Waals surface area contributed by atoms with E-state index in [1.54, 1.807) is 14.2 Å². The molecule has 0 atom stereocenters. The van der Waals surface area contributed by atoms with Crippen molar-refractivity contribution in [3.63, 3.8) is 0 Å². The second-order valence-corrected chi connectivity index (χ2v) is 6.38. The van der Waals surface area contributed by atoms with E-state index in [1.807, 2.05) is 26.0 Å². The van der Waals surface area contributed by atoms with Gasteiger partial charge in [0.15, 0.2) is 11.5 Å². The van der Waals surface area contributed by atoms with Crippen LogP contribution in [-0.4, -0.2) is 29.0 Å². The lowest BCUT2D eigenvalue weighted by molar-refractivity contribution is 0.354. The van der Waals surface area contributed by atoms with Crippen molar-refractivity contribution in [1.82, 2.24) is 14.8 Å². The zero-order valence-corrected chi connectivity index (χ0v) is 15.8. The van der Waals surface area contributed by atoms with Crippen molar-refractivity contribution >= 4 is 10.8 Å². The third kappa shape index (κ3) is 2.95. The van der Waals surface area contributed by atoms with Crippen molar-refractivity contribution in [2.75, 3.05) is 14.2 Å². The van der Waals surface area contributed by atoms with Gasteiger partial charge in [0.05, 0.1) is 25.6 Å². The first-order valence-corrected chi connectivity index (χ1v) is 8.48. The van der Waals surface area contributed by atoms with E-state index in [4.69, 9.17) is 9.47 Å². The Morgan fingerprint density at radius 3 is 1.92 bits per heavy atom. The topological polar surface area (TPSA) is 49.2 Å². The van der Waals surface area contributed by atoms with Gasteiger partial charge in [-0.1, -0.05) is 6.07 Å². The van der Waals surface area contributed by atoms with Crippen molar-refractivity contribution < 1.29 is 9.47 Å². The van der Waals surface area contributed by atoms with Gasteiger partial charge in [0, 0.05) is 28.7 Å². The second-order valence-electron chi connectivity index (χ2n) is 6.38. The van der Waals surface area contributed by atoms with E-state index in [-0.39, 0.29) is 0 Å². The average molecular weight is 339 g/mol. The number of nitrogens with zero attached hydrogens (tertiary/aromatic N) is 3. The summed E-state index contributed by atoms with van der Waals surface area (Å²) in [4.78, 5) is 0. The average Bonchev–Trinajstić information content (AvgIpc) is 2.88. The summed E-state index contributed by atoms with van der Waals surface area (Å²) in [5.74, 6) is 1.53. The lowest BCUT2D eigenvalue weighted by atomic mass is 10.1. The summed E-state index contributed by atoms with van der Waals surface area (Å²) in [5.41, 5.74) is 5.71. The Morgan fingerprint density at radius 2 is 1.40 bits per heavy atom. The molecule has 2 aromatic heterocycles. The van der Waals surface area contributed by atoms with Crippen LogP contribution in [0.15, 0.2) is 18.2 Å². The van der Waals surface area contributed by atoms with Gasteiger partial charge in [0.2, 0.25) is 0 Å². The molecule has 1 aromatic carbocycles. The monoisotopic (exact) mass is 339 g/mol. The minimum atomic E-state index is 0.758. The van der Waals surface area contributed by atoms with E-state index in [2.05, 4.69) is 34.7 Å². The molecule has 2 heterocycles. The van der Waals surface area contributed by atoms with Crippen LogP contribution in [0.1, 0.15) is 28.3 Å². The minimum absolute atomic E-state index is 0.758. The molecular weight excluding hydrogens is 314 g/mol. The van der Waals surface area contributed by atoms with Crippen molar-refractivity contribution in [3.05, 3.63) is 46.5 Å². The molecule has 0 saturated heterocycles. The van der Waals surface area contributed by atoms with Crippen molar-refractivity contribution in [2.24, 2.45) is 0 Å². The first kappa shape index (κ1) is 17.3. The number of methoxy groups -OCH3 is 2. The first-order valence-electron chi connectivity index (χ1n) is 8.48. The molecule has 0 aliphatic carbocycles. The Hall–Kier alpha value is -2.56. The van der Waals surface area contributed by atoms with Gasteiger partial charge in [0.25, 0.3) is 0 Å². The summed E-state index contributed by atoms with van der Waals surface area (Å²) in [7, 11) is 3.32. The van der Waals surface area contributed by atoms with Gasteiger partial charge in [-0.25, -0.2) is 0 Å². The van der Waals surface area contributed by atoms with Crippen LogP contribution < -0.4 is 9.47 Å². The molecule has 5 nitrogen and oxygen atoms in total. The molecule has 0 saturated carbocycles. The number of hydrogen-bond donors (Lipinski definition) is 0. The summed E-state index contributed by atoms with van der Waals surface area (Å²) < 4.78 is 13.1. The number of rotatable bonds is 5. The van der Waals surface area contributed by atoms with Crippen LogP contribution in [0.4, 0.5) is 0 Å². The van der Waals surface area contributed by atoms with E-state index in [0.717, 1.165) is 35.9 Å². The fourth-order valence-electron chi connectivity index (χ4n) is 3.63. The molecular formula is C20H25N3O2. The lowest BCUT2D eigenvalue weighted by Crippen LogP contribution is -2.05. The largest absolute Gasteiger partial charge is 0.493 e. The summed E-state index contributed by atoms with van der Waals surface area (Å²) in [6.07, 6.45) is 0.919. The molecule has 0 N–H and O–H groups in total. The zero-order valence-electron chi connectivity index (χ0n) is 15.8. The summed E-state index contributed by atoms with van der Waals surface area (Å²) in [6, 6.07) is 6.10. The van der Waals surface area contributed by atoms with Gasteiger partial charge in [-0.3, -0.25) is 0 Å². The predicted octanol–water partition coefficient (Wildman–Crippen LogP) is 3.92. The highest BCUT2D eigenvalue weighted by Crippen LogP contribution is 2.30. The fourth-order valence-corrected chi connectivity index (χ4v) is 3.63. The smallest absolute Gasteiger partial charge is 0.160 e. The van der Waals surface area contributed by atoms with E-state index in [9.17, 15) is 0 Å². The molecule has 25 heavy (non-hydrogen) atoms. The highest BCUT2D eigenvalue weighted by molar-refractivity contribution is 5.91. The van der Waals surface area contributed by atoms with E-state index in [0.29, 0.717) is 0 Å². The number of ether oxygens (including phenoxy) is 2. The standard InChI is InChI=1S/C20H25N3O2/c1-12-19-14(3)23(15(4)20(19)13(2)22-21-12)10-9-16-7-8-17(24-5)18(11-16)25-6/h7-8,11H,9-10H2,1-6H3. The Morgan fingerprint density at radius 1 is 0.840 bits per heavy atom. The molecule has 132 valence electrons. The SMILES string of the molecule is COc1ccc(CCn2c(C)c3c(C)nnc(C)c3c2C)cc1OC. The number of aromatic nitrogens is 3. The van der Waals surface area contributed by atoms with Crippen LogP contribution in [-0.2, 0) is 13.0 Å². The first-order chi connectivity index (χ1) is 12.0. The maximum Gasteiger partial charge on any atom is 0.160 e. The van der Waals surface area contributed by atoms with Gasteiger partial charge in [0.1, 0.15) is 0 Å². The quantitative estimate of drug-likeness (QED) is 0.707. The summed E-state index contributed by atoms with van der Waals surface area (Å²) in [6.45, 7) is 9.29. The van der Waals surface area contributed by atoms with E-state index in [1.165, 1.54) is 27.7 Å². The third-order valence-corrected chi connectivity index (χ3v) is 4.93. The Balaban J connectivity index is 1.94. The maximum atomic E-state index is 5.41. The highest BCUT2D eigenvalue weighted by atomic mass is 16.5. The molecule has 0 bridgehead atoms. The van der Waals surface area contributed by atoms with Gasteiger partial charge in [-0.2, -0.15) is 10.2 Å². The van der Waals surface area contributed by atoms with Crippen molar-refractivity contribution in [3.8, 4) is 11.5 Å². The van der Waals surface area contributed by atoms with Crippen LogP contribution in [0.25, 0.3) is 10.8 Å². The molecule has 0 fully saturated rings. The Bertz CT molecular complexity index is 884. The maximum absolute atomic E-state index is 5.41. The third-order valence-electron chi connectivity index (χ3n) is 4.93. The number of fused-ring (bicyclic) bond motifs is 1. The lowest BCUT2D eigenvalue weighted by Gasteiger charge is -2.12. The van der Waals surface area contributed by atoms with Gasteiger partial charge < -0.3 is 14.0 Å². The van der Waals surface area contributed by atoms with Crippen LogP contribution in [0.3, 0.4) is 0 Å². The zero-order chi connectivity index (χ0) is 18.1. The summed E-state index contributed by atoms with van der Waals surface area (Å²) in [5, 5.41) is 11.0.